The van der Waals surface area contributed by atoms with Crippen LogP contribution in [0.4, 0.5) is 0 Å². The second kappa shape index (κ2) is 6.68. The highest BCUT2D eigenvalue weighted by Gasteiger charge is 2.11. The van der Waals surface area contributed by atoms with Crippen LogP contribution in [-0.2, 0) is 6.54 Å². The molecule has 0 saturated carbocycles. The summed E-state index contributed by atoms with van der Waals surface area (Å²) >= 11 is 7.27. The molecule has 0 bridgehead atoms. The molecule has 0 saturated heterocycles. The number of halogens is 1. The van der Waals surface area contributed by atoms with Crippen molar-refractivity contribution in [2.75, 3.05) is 0 Å². The molecule has 0 unspecified atom stereocenters. The number of hydrogen-bond donors (Lipinski definition) is 1. The number of amides is 1. The van der Waals surface area contributed by atoms with Gasteiger partial charge in [0.25, 0.3) is 5.91 Å². The third-order valence-electron chi connectivity index (χ3n) is 3.03. The van der Waals surface area contributed by atoms with Crippen LogP contribution < -0.4 is 5.32 Å². The second-order valence-corrected chi connectivity index (χ2v) is 5.88. The Labute approximate surface area is 136 Å². The van der Waals surface area contributed by atoms with Gasteiger partial charge in [0.2, 0.25) is 0 Å². The average molecular weight is 330 g/mol. The minimum Gasteiger partial charge on any atom is -0.347 e. The normalized spacial score (nSPS) is 10.4. The van der Waals surface area contributed by atoms with E-state index in [0.29, 0.717) is 17.3 Å². The van der Waals surface area contributed by atoms with Crippen molar-refractivity contribution in [1.29, 1.82) is 0 Å². The lowest BCUT2D eigenvalue weighted by atomic mass is 10.2. The van der Waals surface area contributed by atoms with Gasteiger partial charge in [0.15, 0.2) is 0 Å². The van der Waals surface area contributed by atoms with Gasteiger partial charge in [-0.25, -0.2) is 4.98 Å². The topological polar surface area (TPSA) is 54.9 Å². The number of nitrogens with one attached hydrogen (secondary N) is 1. The Kier molecular flexibility index (Phi) is 4.46. The van der Waals surface area contributed by atoms with Gasteiger partial charge in [0.1, 0.15) is 10.7 Å². The highest BCUT2D eigenvalue weighted by Crippen LogP contribution is 2.22. The largest absolute Gasteiger partial charge is 0.347 e. The molecule has 0 atom stereocenters. The Bertz CT molecular complexity index is 772. The van der Waals surface area contributed by atoms with Crippen molar-refractivity contribution in [2.24, 2.45) is 0 Å². The maximum absolute atomic E-state index is 12.1. The van der Waals surface area contributed by atoms with E-state index in [1.54, 1.807) is 29.9 Å². The molecule has 4 nitrogen and oxygen atoms in total. The quantitative estimate of drug-likeness (QED) is 0.792. The van der Waals surface area contributed by atoms with Crippen molar-refractivity contribution in [3.63, 3.8) is 0 Å². The fourth-order valence-electron chi connectivity index (χ4n) is 1.88. The van der Waals surface area contributed by atoms with Crippen LogP contribution in [0.25, 0.3) is 10.6 Å². The molecule has 2 aromatic heterocycles. The lowest BCUT2D eigenvalue weighted by Gasteiger charge is -2.03. The minimum atomic E-state index is -0.188. The van der Waals surface area contributed by atoms with E-state index in [-0.39, 0.29) is 5.91 Å². The Balaban J connectivity index is 1.66. The van der Waals surface area contributed by atoms with E-state index in [2.05, 4.69) is 15.3 Å². The average Bonchev–Trinajstić information content (AvgIpc) is 3.05. The van der Waals surface area contributed by atoms with Crippen LogP contribution in [-0.4, -0.2) is 15.9 Å². The summed E-state index contributed by atoms with van der Waals surface area (Å²) < 4.78 is 0. The zero-order chi connectivity index (χ0) is 15.4. The third-order valence-corrected chi connectivity index (χ3v) is 4.17. The summed E-state index contributed by atoms with van der Waals surface area (Å²) in [7, 11) is 0. The first-order valence-electron chi connectivity index (χ1n) is 6.61. The molecule has 0 spiro atoms. The molecule has 0 aliphatic heterocycles. The molecule has 0 fully saturated rings. The minimum absolute atomic E-state index is 0.188. The predicted molar refractivity (Wildman–Crippen MR) is 88.0 cm³/mol. The lowest BCUT2D eigenvalue weighted by Crippen LogP contribution is -2.23. The molecular formula is C16H12ClN3OS. The van der Waals surface area contributed by atoms with Crippen LogP contribution in [0, 0.1) is 0 Å². The number of thiazole rings is 1. The summed E-state index contributed by atoms with van der Waals surface area (Å²) in [6.07, 6.45) is 3.41. The van der Waals surface area contributed by atoms with Crippen molar-refractivity contribution < 1.29 is 4.79 Å². The standard InChI is InChI=1S/C16H12ClN3OS/c17-13-3-1-11(2-4-13)9-19-15(21)14-10-22-16(20-14)12-5-7-18-8-6-12/h1-8,10H,9H2,(H,19,21). The van der Waals surface area contributed by atoms with E-state index in [1.165, 1.54) is 11.3 Å². The first kappa shape index (κ1) is 14.7. The van der Waals surface area contributed by atoms with Crippen molar-refractivity contribution in [3.05, 3.63) is 70.5 Å². The molecule has 2 heterocycles. The van der Waals surface area contributed by atoms with Gasteiger partial charge in [0.05, 0.1) is 0 Å². The number of aromatic nitrogens is 2. The molecule has 6 heteroatoms. The monoisotopic (exact) mass is 329 g/mol. The van der Waals surface area contributed by atoms with Crippen molar-refractivity contribution in [3.8, 4) is 10.6 Å². The summed E-state index contributed by atoms with van der Waals surface area (Å²) in [5.41, 5.74) is 2.37. The van der Waals surface area contributed by atoms with Gasteiger partial charge in [-0.05, 0) is 29.8 Å². The van der Waals surface area contributed by atoms with Crippen LogP contribution in [0.5, 0.6) is 0 Å². The number of hydrogen-bond acceptors (Lipinski definition) is 4. The third kappa shape index (κ3) is 3.50. The fourth-order valence-corrected chi connectivity index (χ4v) is 2.81. The van der Waals surface area contributed by atoms with Crippen LogP contribution >= 0.6 is 22.9 Å². The van der Waals surface area contributed by atoms with Crippen LogP contribution in [0.2, 0.25) is 5.02 Å². The molecule has 0 radical (unpaired) electrons. The summed E-state index contributed by atoms with van der Waals surface area (Å²) in [5.74, 6) is -0.188. The van der Waals surface area contributed by atoms with Gasteiger partial charge in [0, 0.05) is 34.9 Å². The molecular weight excluding hydrogens is 318 g/mol. The molecule has 3 aromatic rings. The molecule has 22 heavy (non-hydrogen) atoms. The van der Waals surface area contributed by atoms with E-state index >= 15 is 0 Å². The number of pyridine rings is 1. The Morgan fingerprint density at radius 3 is 2.59 bits per heavy atom. The van der Waals surface area contributed by atoms with Crippen molar-refractivity contribution in [2.45, 2.75) is 6.54 Å². The maximum Gasteiger partial charge on any atom is 0.271 e. The number of rotatable bonds is 4. The summed E-state index contributed by atoms with van der Waals surface area (Å²) in [6.45, 7) is 0.443. The van der Waals surface area contributed by atoms with Gasteiger partial charge in [-0.2, -0.15) is 0 Å². The van der Waals surface area contributed by atoms with Crippen LogP contribution in [0.15, 0.2) is 54.2 Å². The van der Waals surface area contributed by atoms with Crippen molar-refractivity contribution in [1.82, 2.24) is 15.3 Å². The lowest BCUT2D eigenvalue weighted by molar-refractivity contribution is 0.0946. The van der Waals surface area contributed by atoms with Crippen molar-refractivity contribution >= 4 is 28.8 Å². The summed E-state index contributed by atoms with van der Waals surface area (Å²) in [4.78, 5) is 20.5. The van der Waals surface area contributed by atoms with E-state index in [1.807, 2.05) is 24.3 Å². The summed E-state index contributed by atoms with van der Waals surface area (Å²) in [5, 5.41) is 6.09. The maximum atomic E-state index is 12.1. The molecule has 1 N–H and O–H groups in total. The number of benzene rings is 1. The van der Waals surface area contributed by atoms with Crippen LogP contribution in [0.1, 0.15) is 16.1 Å². The Morgan fingerprint density at radius 1 is 1.14 bits per heavy atom. The highest BCUT2D eigenvalue weighted by molar-refractivity contribution is 7.13. The predicted octanol–water partition coefficient (Wildman–Crippen LogP) is 3.79. The number of carbonyl (C=O) groups excluding carboxylic acids is 1. The number of carbonyl (C=O) groups is 1. The SMILES string of the molecule is O=C(NCc1ccc(Cl)cc1)c1csc(-c2ccncc2)n1. The zero-order valence-electron chi connectivity index (χ0n) is 11.5. The van der Waals surface area contributed by atoms with Gasteiger partial charge in [-0.15, -0.1) is 11.3 Å². The Morgan fingerprint density at radius 2 is 1.86 bits per heavy atom. The second-order valence-electron chi connectivity index (χ2n) is 4.58. The molecule has 110 valence electrons. The van der Waals surface area contributed by atoms with Crippen LogP contribution in [0.3, 0.4) is 0 Å². The molecule has 3 rings (SSSR count). The zero-order valence-corrected chi connectivity index (χ0v) is 13.1. The highest BCUT2D eigenvalue weighted by atomic mass is 35.5. The Hall–Kier alpha value is -2.24. The van der Waals surface area contributed by atoms with E-state index < -0.39 is 0 Å². The van der Waals surface area contributed by atoms with E-state index in [4.69, 9.17) is 11.6 Å². The van der Waals surface area contributed by atoms with E-state index in [9.17, 15) is 4.79 Å². The van der Waals surface area contributed by atoms with Gasteiger partial charge in [-0.3, -0.25) is 9.78 Å². The molecule has 0 aliphatic carbocycles. The number of nitrogens with zero attached hydrogens (tertiary/aromatic N) is 2. The van der Waals surface area contributed by atoms with Gasteiger partial charge < -0.3 is 5.32 Å². The van der Waals surface area contributed by atoms with E-state index in [0.717, 1.165) is 16.1 Å². The first-order valence-corrected chi connectivity index (χ1v) is 7.87. The summed E-state index contributed by atoms with van der Waals surface area (Å²) in [6, 6.07) is 11.1. The van der Waals surface area contributed by atoms with Gasteiger partial charge >= 0.3 is 0 Å². The molecule has 0 aliphatic rings. The fraction of sp³-hybridized carbons (Fsp3) is 0.0625. The van der Waals surface area contributed by atoms with Gasteiger partial charge in [-0.1, -0.05) is 23.7 Å². The smallest absolute Gasteiger partial charge is 0.271 e. The molecule has 1 aromatic carbocycles. The molecule has 1 amide bonds. The first-order chi connectivity index (χ1) is 10.7.